The molecule has 0 amide bonds. The summed E-state index contributed by atoms with van der Waals surface area (Å²) in [5.74, 6) is -0.785. The number of ketones is 1. The Hall–Kier alpha value is -2.62. The van der Waals surface area contributed by atoms with E-state index in [1.807, 2.05) is 0 Å². The quantitative estimate of drug-likeness (QED) is 0.508. The van der Waals surface area contributed by atoms with Crippen LogP contribution in [0.5, 0.6) is 5.75 Å². The standard InChI is InChI=1S/C16H16O4/c1-5-6-12(10(2)3)7-8-13(17)15-14(18)9-11(4)20-16(15)19/h5-9,18H,1-2H2,3-4H3/b8-7+,12-6-. The second-order valence-electron chi connectivity index (χ2n) is 4.24. The van der Waals surface area contributed by atoms with E-state index in [0.717, 1.165) is 5.57 Å². The normalized spacial score (nSPS) is 11.6. The van der Waals surface area contributed by atoms with Crippen molar-refractivity contribution in [2.75, 3.05) is 0 Å². The lowest BCUT2D eigenvalue weighted by Gasteiger charge is -2.01. The van der Waals surface area contributed by atoms with Gasteiger partial charge in [0, 0.05) is 6.07 Å². The van der Waals surface area contributed by atoms with E-state index < -0.39 is 17.2 Å². The van der Waals surface area contributed by atoms with Crippen molar-refractivity contribution in [1.29, 1.82) is 0 Å². The van der Waals surface area contributed by atoms with Gasteiger partial charge in [-0.2, -0.15) is 0 Å². The average Bonchev–Trinajstić information content (AvgIpc) is 2.32. The van der Waals surface area contributed by atoms with Gasteiger partial charge in [0.15, 0.2) is 5.78 Å². The van der Waals surface area contributed by atoms with Crippen LogP contribution in [0.25, 0.3) is 0 Å². The van der Waals surface area contributed by atoms with E-state index in [0.29, 0.717) is 5.57 Å². The predicted molar refractivity (Wildman–Crippen MR) is 77.9 cm³/mol. The van der Waals surface area contributed by atoms with Crippen molar-refractivity contribution in [1.82, 2.24) is 0 Å². The molecule has 1 aromatic rings. The van der Waals surface area contributed by atoms with Crippen LogP contribution < -0.4 is 5.63 Å². The van der Waals surface area contributed by atoms with E-state index in [1.165, 1.54) is 25.1 Å². The van der Waals surface area contributed by atoms with Crippen molar-refractivity contribution in [3.8, 4) is 5.75 Å². The Balaban J connectivity index is 3.15. The van der Waals surface area contributed by atoms with Crippen molar-refractivity contribution in [2.24, 2.45) is 0 Å². The van der Waals surface area contributed by atoms with Gasteiger partial charge in [-0.15, -0.1) is 0 Å². The van der Waals surface area contributed by atoms with Crippen LogP contribution >= 0.6 is 0 Å². The van der Waals surface area contributed by atoms with E-state index >= 15 is 0 Å². The van der Waals surface area contributed by atoms with Crippen molar-refractivity contribution in [2.45, 2.75) is 13.8 Å². The highest BCUT2D eigenvalue weighted by atomic mass is 16.4. The fourth-order valence-corrected chi connectivity index (χ4v) is 1.54. The molecule has 20 heavy (non-hydrogen) atoms. The van der Waals surface area contributed by atoms with E-state index in [1.54, 1.807) is 19.1 Å². The highest BCUT2D eigenvalue weighted by Crippen LogP contribution is 2.16. The average molecular weight is 272 g/mol. The van der Waals surface area contributed by atoms with Crippen LogP contribution in [-0.4, -0.2) is 10.9 Å². The third kappa shape index (κ3) is 3.68. The SMILES string of the molecule is C=C/C=C(/C=C/C(=O)c1c(O)cc(C)oc1=O)C(=C)C. The number of hydrogen-bond donors (Lipinski definition) is 1. The lowest BCUT2D eigenvalue weighted by atomic mass is 10.1. The van der Waals surface area contributed by atoms with Crippen LogP contribution in [0.15, 0.2) is 63.9 Å². The fourth-order valence-electron chi connectivity index (χ4n) is 1.54. The van der Waals surface area contributed by atoms with Crippen LogP contribution in [0.1, 0.15) is 23.0 Å². The van der Waals surface area contributed by atoms with Crippen molar-refractivity contribution < 1.29 is 14.3 Å². The molecule has 4 nitrogen and oxygen atoms in total. The topological polar surface area (TPSA) is 67.5 Å². The van der Waals surface area contributed by atoms with E-state index in [4.69, 9.17) is 4.42 Å². The Morgan fingerprint density at radius 3 is 2.55 bits per heavy atom. The number of aromatic hydroxyl groups is 1. The summed E-state index contributed by atoms with van der Waals surface area (Å²) in [5.41, 5.74) is 0.201. The molecule has 1 heterocycles. The molecule has 0 saturated heterocycles. The third-order valence-corrected chi connectivity index (χ3v) is 2.50. The maximum atomic E-state index is 11.9. The predicted octanol–water partition coefficient (Wildman–Crippen LogP) is 3.08. The maximum Gasteiger partial charge on any atom is 0.351 e. The Bertz CT molecular complexity index is 672. The summed E-state index contributed by atoms with van der Waals surface area (Å²) in [5, 5.41) is 9.66. The summed E-state index contributed by atoms with van der Waals surface area (Å²) in [6.45, 7) is 10.6. The molecular weight excluding hydrogens is 256 g/mol. The molecule has 4 heteroatoms. The second-order valence-corrected chi connectivity index (χ2v) is 4.24. The van der Waals surface area contributed by atoms with E-state index in [9.17, 15) is 14.7 Å². The summed E-state index contributed by atoms with van der Waals surface area (Å²) in [6, 6.07) is 1.22. The molecule has 0 aliphatic carbocycles. The zero-order valence-electron chi connectivity index (χ0n) is 11.5. The van der Waals surface area contributed by atoms with Gasteiger partial charge in [-0.05, 0) is 25.5 Å². The van der Waals surface area contributed by atoms with Crippen molar-refractivity contribution in [3.63, 3.8) is 0 Å². The Morgan fingerprint density at radius 1 is 1.40 bits per heavy atom. The van der Waals surface area contributed by atoms with Crippen LogP contribution in [0.4, 0.5) is 0 Å². The van der Waals surface area contributed by atoms with Crippen LogP contribution in [0.2, 0.25) is 0 Å². The number of allylic oxidation sites excluding steroid dienone is 6. The minimum Gasteiger partial charge on any atom is -0.507 e. The maximum absolute atomic E-state index is 11.9. The van der Waals surface area contributed by atoms with Gasteiger partial charge in [0.25, 0.3) is 0 Å². The Labute approximate surface area is 117 Å². The molecule has 0 aromatic carbocycles. The van der Waals surface area contributed by atoms with Crippen LogP contribution in [0.3, 0.4) is 0 Å². The van der Waals surface area contributed by atoms with Crippen molar-refractivity contribution >= 4 is 5.78 Å². The van der Waals surface area contributed by atoms with Crippen molar-refractivity contribution in [3.05, 3.63) is 76.4 Å². The van der Waals surface area contributed by atoms with Gasteiger partial charge in [0.2, 0.25) is 0 Å². The fraction of sp³-hybridized carbons (Fsp3) is 0.125. The largest absolute Gasteiger partial charge is 0.507 e. The minimum absolute atomic E-state index is 0.238. The highest BCUT2D eigenvalue weighted by Gasteiger charge is 2.15. The zero-order valence-corrected chi connectivity index (χ0v) is 11.5. The molecule has 0 saturated carbocycles. The summed E-state index contributed by atoms with van der Waals surface area (Å²) in [4.78, 5) is 23.5. The lowest BCUT2D eigenvalue weighted by molar-refractivity contribution is 0.104. The molecule has 0 fully saturated rings. The van der Waals surface area contributed by atoms with Crippen LogP contribution in [-0.2, 0) is 0 Å². The number of carbonyl (C=O) groups excluding carboxylic acids is 1. The highest BCUT2D eigenvalue weighted by molar-refractivity contribution is 6.06. The van der Waals surface area contributed by atoms with Gasteiger partial charge in [-0.25, -0.2) is 4.79 Å². The molecule has 104 valence electrons. The molecule has 0 aliphatic rings. The van der Waals surface area contributed by atoms with Gasteiger partial charge < -0.3 is 9.52 Å². The molecule has 1 rings (SSSR count). The summed E-state index contributed by atoms with van der Waals surface area (Å²) < 4.78 is 4.79. The zero-order chi connectivity index (χ0) is 15.3. The first-order valence-corrected chi connectivity index (χ1v) is 5.91. The molecule has 0 atom stereocenters. The summed E-state index contributed by atoms with van der Waals surface area (Å²) >= 11 is 0. The first-order valence-electron chi connectivity index (χ1n) is 5.91. The molecule has 0 aliphatic heterocycles. The molecule has 0 spiro atoms. The molecule has 0 unspecified atom stereocenters. The number of carbonyl (C=O) groups is 1. The molecule has 1 N–H and O–H groups in total. The third-order valence-electron chi connectivity index (χ3n) is 2.50. The first-order chi connectivity index (χ1) is 9.36. The molecule has 0 bridgehead atoms. The lowest BCUT2D eigenvalue weighted by Crippen LogP contribution is -2.13. The van der Waals surface area contributed by atoms with Gasteiger partial charge in [-0.1, -0.05) is 37.0 Å². The molecule has 1 aromatic heterocycles. The monoisotopic (exact) mass is 272 g/mol. The van der Waals surface area contributed by atoms with Gasteiger partial charge in [-0.3, -0.25) is 4.79 Å². The smallest absolute Gasteiger partial charge is 0.351 e. The van der Waals surface area contributed by atoms with E-state index in [2.05, 4.69) is 13.2 Å². The van der Waals surface area contributed by atoms with E-state index in [-0.39, 0.29) is 11.3 Å². The molecular formula is C16H16O4. The van der Waals surface area contributed by atoms with Gasteiger partial charge in [0.05, 0.1) is 0 Å². The molecule has 0 radical (unpaired) electrons. The number of hydrogen-bond acceptors (Lipinski definition) is 4. The Morgan fingerprint density at radius 2 is 2.05 bits per heavy atom. The number of aryl methyl sites for hydroxylation is 1. The summed E-state index contributed by atoms with van der Waals surface area (Å²) in [6.07, 6.45) is 5.94. The second kappa shape index (κ2) is 6.52. The minimum atomic E-state index is -0.860. The van der Waals surface area contributed by atoms with Gasteiger partial charge >= 0.3 is 5.63 Å². The van der Waals surface area contributed by atoms with Gasteiger partial charge in [0.1, 0.15) is 17.1 Å². The first kappa shape index (κ1) is 15.4. The Kier molecular flexibility index (Phi) is 5.03. The summed E-state index contributed by atoms with van der Waals surface area (Å²) in [7, 11) is 0. The number of rotatable bonds is 5. The van der Waals surface area contributed by atoms with Crippen LogP contribution in [0, 0.1) is 6.92 Å².